The van der Waals surface area contributed by atoms with Crippen LogP contribution >= 0.6 is 11.6 Å². The largest absolute Gasteiger partial charge is 0.452 e. The number of carbonyl (C=O) groups excluding carboxylic acids is 2. The molecule has 0 saturated heterocycles. The van der Waals surface area contributed by atoms with Crippen LogP contribution in [0.5, 0.6) is 0 Å². The van der Waals surface area contributed by atoms with Crippen LogP contribution in [-0.2, 0) is 19.6 Å². The first-order valence-electron chi connectivity index (χ1n) is 9.35. The highest BCUT2D eigenvalue weighted by Crippen LogP contribution is 2.26. The average molecular weight is 453 g/mol. The number of para-hydroxylation sites is 1. The molecule has 0 radical (unpaired) electrons. The summed E-state index contributed by atoms with van der Waals surface area (Å²) in [6.07, 6.45) is 0.909. The molecule has 9 heteroatoms. The van der Waals surface area contributed by atoms with E-state index in [-0.39, 0.29) is 21.4 Å². The Morgan fingerprint density at radius 3 is 2.47 bits per heavy atom. The lowest BCUT2D eigenvalue weighted by Crippen LogP contribution is -2.23. The number of benzene rings is 2. The number of ether oxygens (including phenoxy) is 1. The highest BCUT2D eigenvalue weighted by molar-refractivity contribution is 7.89. The Labute approximate surface area is 182 Å². The summed E-state index contributed by atoms with van der Waals surface area (Å²) in [5.74, 6) is -1.14. The number of hydrogen-bond acceptors (Lipinski definition) is 5. The minimum atomic E-state index is -3.75. The van der Waals surface area contributed by atoms with E-state index in [1.54, 1.807) is 6.07 Å². The molecule has 1 atom stereocenters. The zero-order valence-corrected chi connectivity index (χ0v) is 18.9. The molecule has 0 unspecified atom stereocenters. The number of rotatable bonds is 8. The van der Waals surface area contributed by atoms with E-state index in [9.17, 15) is 18.0 Å². The smallest absolute Gasteiger partial charge is 0.340 e. The first-order chi connectivity index (χ1) is 14.1. The van der Waals surface area contributed by atoms with Crippen LogP contribution in [0.3, 0.4) is 0 Å². The van der Waals surface area contributed by atoms with Crippen molar-refractivity contribution in [2.45, 2.75) is 31.1 Å². The first kappa shape index (κ1) is 23.9. The van der Waals surface area contributed by atoms with E-state index in [1.165, 1.54) is 26.2 Å². The zero-order chi connectivity index (χ0) is 22.5. The molecule has 0 bridgehead atoms. The molecule has 0 saturated carbocycles. The Morgan fingerprint density at radius 2 is 1.83 bits per heavy atom. The van der Waals surface area contributed by atoms with Gasteiger partial charge in [0, 0.05) is 19.8 Å². The second kappa shape index (κ2) is 10.1. The van der Waals surface area contributed by atoms with Crippen molar-refractivity contribution < 1.29 is 22.7 Å². The molecule has 162 valence electrons. The minimum Gasteiger partial charge on any atom is -0.452 e. The van der Waals surface area contributed by atoms with E-state index < -0.39 is 28.5 Å². The second-order valence-electron chi connectivity index (χ2n) is 6.95. The van der Waals surface area contributed by atoms with E-state index in [2.05, 4.69) is 19.2 Å². The van der Waals surface area contributed by atoms with Gasteiger partial charge >= 0.3 is 5.97 Å². The highest BCUT2D eigenvalue weighted by Gasteiger charge is 2.22. The molecule has 30 heavy (non-hydrogen) atoms. The molecule has 0 fully saturated rings. The molecular weight excluding hydrogens is 428 g/mol. The molecule has 7 nitrogen and oxygen atoms in total. The summed E-state index contributed by atoms with van der Waals surface area (Å²) >= 11 is 6.03. The van der Waals surface area contributed by atoms with Crippen molar-refractivity contribution in [3.8, 4) is 0 Å². The van der Waals surface area contributed by atoms with Gasteiger partial charge in [-0.15, -0.1) is 0 Å². The molecule has 0 aromatic heterocycles. The summed E-state index contributed by atoms with van der Waals surface area (Å²) in [7, 11) is -0.993. The summed E-state index contributed by atoms with van der Waals surface area (Å²) in [5.41, 5.74) is 1.52. The fourth-order valence-electron chi connectivity index (χ4n) is 2.69. The number of sulfonamides is 1. The van der Waals surface area contributed by atoms with Gasteiger partial charge in [0.25, 0.3) is 5.91 Å². The third-order valence-electron chi connectivity index (χ3n) is 4.65. The SMILES string of the molecule is CC[C@H](C)c1ccccc1NC(=O)COC(=O)c1cc(S(=O)(=O)N(C)C)ccc1Cl. The molecule has 1 N–H and O–H groups in total. The number of nitrogens with one attached hydrogen (secondary N) is 1. The summed E-state index contributed by atoms with van der Waals surface area (Å²) in [4.78, 5) is 24.6. The van der Waals surface area contributed by atoms with Crippen LogP contribution in [0.2, 0.25) is 5.02 Å². The van der Waals surface area contributed by atoms with Crippen molar-refractivity contribution in [3.63, 3.8) is 0 Å². The van der Waals surface area contributed by atoms with Gasteiger partial charge in [-0.05, 0) is 42.2 Å². The molecule has 1 amide bonds. The van der Waals surface area contributed by atoms with Gasteiger partial charge in [-0.25, -0.2) is 17.5 Å². The van der Waals surface area contributed by atoms with Gasteiger partial charge in [0.2, 0.25) is 10.0 Å². The predicted octanol–water partition coefficient (Wildman–Crippen LogP) is 3.90. The van der Waals surface area contributed by atoms with Crippen molar-refractivity contribution in [1.29, 1.82) is 0 Å². The number of amides is 1. The van der Waals surface area contributed by atoms with Crippen molar-refractivity contribution in [1.82, 2.24) is 4.31 Å². The van der Waals surface area contributed by atoms with Crippen molar-refractivity contribution in [2.75, 3.05) is 26.0 Å². The second-order valence-corrected chi connectivity index (χ2v) is 9.51. The Hall–Kier alpha value is -2.42. The number of hydrogen-bond donors (Lipinski definition) is 1. The molecule has 0 aliphatic rings. The van der Waals surface area contributed by atoms with Gasteiger partial charge in [-0.2, -0.15) is 0 Å². The maximum atomic E-state index is 12.4. The topological polar surface area (TPSA) is 92.8 Å². The lowest BCUT2D eigenvalue weighted by molar-refractivity contribution is -0.119. The summed E-state index contributed by atoms with van der Waals surface area (Å²) < 4.78 is 30.6. The Morgan fingerprint density at radius 1 is 1.17 bits per heavy atom. The molecule has 0 spiro atoms. The zero-order valence-electron chi connectivity index (χ0n) is 17.3. The number of carbonyl (C=O) groups is 2. The highest BCUT2D eigenvalue weighted by atomic mass is 35.5. The van der Waals surface area contributed by atoms with Gasteiger partial charge in [0.15, 0.2) is 6.61 Å². The van der Waals surface area contributed by atoms with Crippen LogP contribution in [-0.4, -0.2) is 45.3 Å². The van der Waals surface area contributed by atoms with Gasteiger partial charge < -0.3 is 10.1 Å². The molecule has 2 aromatic carbocycles. The fourth-order valence-corrected chi connectivity index (χ4v) is 3.81. The molecule has 2 rings (SSSR count). The van der Waals surface area contributed by atoms with Gasteiger partial charge in [0.05, 0.1) is 15.5 Å². The summed E-state index contributed by atoms with van der Waals surface area (Å²) in [6.45, 7) is 3.58. The van der Waals surface area contributed by atoms with E-state index in [4.69, 9.17) is 16.3 Å². The Balaban J connectivity index is 2.11. The lowest BCUT2D eigenvalue weighted by atomic mass is 9.97. The monoisotopic (exact) mass is 452 g/mol. The third kappa shape index (κ3) is 5.59. The first-order valence-corrected chi connectivity index (χ1v) is 11.2. The van der Waals surface area contributed by atoms with Crippen LogP contribution in [0, 0.1) is 0 Å². The molecular formula is C21H25ClN2O5S. The van der Waals surface area contributed by atoms with Crippen LogP contribution in [0.4, 0.5) is 5.69 Å². The van der Waals surface area contributed by atoms with Crippen molar-refractivity contribution >= 4 is 39.2 Å². The molecule has 0 aliphatic heterocycles. The average Bonchev–Trinajstić information content (AvgIpc) is 2.71. The normalized spacial score (nSPS) is 12.5. The maximum absolute atomic E-state index is 12.4. The summed E-state index contributed by atoms with van der Waals surface area (Å²) in [6, 6.07) is 11.2. The van der Waals surface area contributed by atoms with Gasteiger partial charge in [-0.3, -0.25) is 4.79 Å². The lowest BCUT2D eigenvalue weighted by Gasteiger charge is -2.16. The van der Waals surface area contributed by atoms with Crippen LogP contribution in [0.1, 0.15) is 42.1 Å². The van der Waals surface area contributed by atoms with Gasteiger partial charge in [-0.1, -0.05) is 43.6 Å². The quantitative estimate of drug-likeness (QED) is 0.613. The standard InChI is InChI=1S/C21H25ClN2O5S/c1-5-14(2)16-8-6-7-9-19(16)23-20(25)13-29-21(26)17-12-15(10-11-18(17)22)30(27,28)24(3)4/h6-12,14H,5,13H2,1-4H3,(H,23,25)/t14-/m0/s1. The van der Waals surface area contributed by atoms with Crippen LogP contribution < -0.4 is 5.32 Å². The molecule has 0 heterocycles. The van der Waals surface area contributed by atoms with Crippen LogP contribution in [0.15, 0.2) is 47.4 Å². The fraction of sp³-hybridized carbons (Fsp3) is 0.333. The Kier molecular flexibility index (Phi) is 8.00. The number of esters is 1. The predicted molar refractivity (Wildman–Crippen MR) is 116 cm³/mol. The molecule has 2 aromatic rings. The number of nitrogens with zero attached hydrogens (tertiary/aromatic N) is 1. The number of anilines is 1. The maximum Gasteiger partial charge on any atom is 0.340 e. The minimum absolute atomic E-state index is 0.0280. The van der Waals surface area contributed by atoms with E-state index in [0.717, 1.165) is 22.4 Å². The number of halogens is 1. The van der Waals surface area contributed by atoms with Crippen molar-refractivity contribution in [3.05, 3.63) is 58.6 Å². The molecule has 0 aliphatic carbocycles. The van der Waals surface area contributed by atoms with Crippen molar-refractivity contribution in [2.24, 2.45) is 0 Å². The third-order valence-corrected chi connectivity index (χ3v) is 6.79. The van der Waals surface area contributed by atoms with E-state index in [0.29, 0.717) is 5.69 Å². The Bertz CT molecular complexity index is 1040. The van der Waals surface area contributed by atoms with E-state index in [1.807, 2.05) is 18.2 Å². The van der Waals surface area contributed by atoms with E-state index >= 15 is 0 Å². The summed E-state index contributed by atoms with van der Waals surface area (Å²) in [5, 5.41) is 2.77. The van der Waals surface area contributed by atoms with Gasteiger partial charge in [0.1, 0.15) is 0 Å². The van der Waals surface area contributed by atoms with Crippen LogP contribution in [0.25, 0.3) is 0 Å².